The summed E-state index contributed by atoms with van der Waals surface area (Å²) in [6.07, 6.45) is 6.39. The number of amides is 1. The van der Waals surface area contributed by atoms with Crippen LogP contribution < -0.4 is 0 Å². The molecule has 0 saturated carbocycles. The molecular formula is C24H26N4O3S. The number of hydrogen-bond acceptors (Lipinski definition) is 4. The van der Waals surface area contributed by atoms with E-state index in [1.54, 1.807) is 28.0 Å². The monoisotopic (exact) mass is 450 g/mol. The van der Waals surface area contributed by atoms with Gasteiger partial charge in [0, 0.05) is 32.4 Å². The number of carbonyl (C=O) groups excluding carboxylic acids is 1. The first-order chi connectivity index (χ1) is 15.5. The first kappa shape index (κ1) is 20.9. The molecule has 2 aromatic carbocycles. The molecule has 0 bridgehead atoms. The molecule has 3 aromatic rings. The third-order valence-corrected chi connectivity index (χ3v) is 8.20. The average molecular weight is 451 g/mol. The molecule has 1 amide bonds. The van der Waals surface area contributed by atoms with E-state index in [9.17, 15) is 13.2 Å². The van der Waals surface area contributed by atoms with Crippen molar-refractivity contribution in [3.8, 4) is 0 Å². The number of carbonyl (C=O) groups is 1. The van der Waals surface area contributed by atoms with Crippen molar-refractivity contribution in [1.82, 2.24) is 19.0 Å². The maximum atomic E-state index is 13.1. The normalized spacial score (nSPS) is 16.8. The average Bonchev–Trinajstić information content (AvgIpc) is 3.48. The third-order valence-electron chi connectivity index (χ3n) is 6.30. The van der Waals surface area contributed by atoms with Gasteiger partial charge in [0.05, 0.1) is 23.2 Å². The number of fused-ring (bicyclic) bond motifs is 1. The van der Waals surface area contributed by atoms with Crippen molar-refractivity contribution in [1.29, 1.82) is 0 Å². The van der Waals surface area contributed by atoms with E-state index in [-0.39, 0.29) is 5.91 Å². The lowest BCUT2D eigenvalue weighted by atomic mass is 10.1. The molecule has 0 radical (unpaired) electrons. The summed E-state index contributed by atoms with van der Waals surface area (Å²) in [5.74, 6) is -0.112. The summed E-state index contributed by atoms with van der Waals surface area (Å²) in [7, 11) is -3.55. The Morgan fingerprint density at radius 1 is 0.938 bits per heavy atom. The van der Waals surface area contributed by atoms with E-state index in [1.807, 2.05) is 42.5 Å². The van der Waals surface area contributed by atoms with Gasteiger partial charge < -0.3 is 4.90 Å². The Balaban J connectivity index is 1.22. The summed E-state index contributed by atoms with van der Waals surface area (Å²) in [5, 5.41) is 4.31. The van der Waals surface area contributed by atoms with Gasteiger partial charge in [0.25, 0.3) is 5.91 Å². The zero-order valence-corrected chi connectivity index (χ0v) is 18.7. The van der Waals surface area contributed by atoms with Crippen molar-refractivity contribution in [3.63, 3.8) is 0 Å². The van der Waals surface area contributed by atoms with E-state index in [0.29, 0.717) is 43.2 Å². The number of hydrogen-bond donors (Lipinski definition) is 0. The van der Waals surface area contributed by atoms with Crippen LogP contribution in [0, 0.1) is 0 Å². The van der Waals surface area contributed by atoms with Gasteiger partial charge >= 0.3 is 0 Å². The number of rotatable bonds is 5. The molecule has 0 N–H and O–H groups in total. The van der Waals surface area contributed by atoms with Gasteiger partial charge in [-0.15, -0.1) is 0 Å². The molecule has 0 atom stereocenters. The van der Waals surface area contributed by atoms with Gasteiger partial charge in [0.15, 0.2) is 0 Å². The smallest absolute Gasteiger partial charge is 0.257 e. The molecule has 2 aliphatic rings. The molecule has 0 spiro atoms. The lowest BCUT2D eigenvalue weighted by Crippen LogP contribution is -2.50. The number of sulfonamides is 1. The van der Waals surface area contributed by atoms with Crippen LogP contribution in [0.15, 0.2) is 65.8 Å². The van der Waals surface area contributed by atoms with Gasteiger partial charge in [0.2, 0.25) is 10.0 Å². The standard InChI is InChI=1S/C24H26N4O3S/c29-24(22-16-25-27(18-22)17-19-5-2-1-3-6-19)26-11-13-28(14-12-26)32(30,31)23-10-9-20-7-4-8-21(20)15-23/h1-3,5-6,9-10,15-16,18H,4,7-8,11-14,17H2. The van der Waals surface area contributed by atoms with Crippen molar-refractivity contribution < 1.29 is 13.2 Å². The van der Waals surface area contributed by atoms with Crippen molar-refractivity contribution in [3.05, 3.63) is 83.2 Å². The summed E-state index contributed by atoms with van der Waals surface area (Å²) in [5.41, 5.74) is 4.04. The molecule has 1 saturated heterocycles. The Kier molecular flexibility index (Phi) is 5.57. The molecule has 1 aliphatic carbocycles. The highest BCUT2D eigenvalue weighted by Gasteiger charge is 2.31. The zero-order valence-electron chi connectivity index (χ0n) is 17.9. The molecule has 1 fully saturated rings. The van der Waals surface area contributed by atoms with Crippen molar-refractivity contribution in [2.45, 2.75) is 30.7 Å². The van der Waals surface area contributed by atoms with Crippen LogP contribution >= 0.6 is 0 Å². The Morgan fingerprint density at radius 2 is 1.69 bits per heavy atom. The third kappa shape index (κ3) is 4.08. The summed E-state index contributed by atoms with van der Waals surface area (Å²) in [4.78, 5) is 15.0. The number of aryl methyl sites for hydroxylation is 2. The SMILES string of the molecule is O=C(c1cnn(Cc2ccccc2)c1)N1CCN(S(=O)(=O)c2ccc3c(c2)CCC3)CC1. The van der Waals surface area contributed by atoms with Crippen LogP contribution in [0.4, 0.5) is 0 Å². The minimum absolute atomic E-state index is 0.112. The minimum atomic E-state index is -3.55. The second kappa shape index (κ2) is 8.52. The highest BCUT2D eigenvalue weighted by molar-refractivity contribution is 7.89. The van der Waals surface area contributed by atoms with Crippen molar-refractivity contribution in [2.75, 3.05) is 26.2 Å². The summed E-state index contributed by atoms with van der Waals surface area (Å²) < 4.78 is 29.5. The molecule has 2 heterocycles. The van der Waals surface area contributed by atoms with Gasteiger partial charge in [0.1, 0.15) is 0 Å². The van der Waals surface area contributed by atoms with Gasteiger partial charge in [-0.2, -0.15) is 9.40 Å². The first-order valence-electron chi connectivity index (χ1n) is 11.0. The van der Waals surface area contributed by atoms with Crippen LogP contribution in [0.5, 0.6) is 0 Å². The van der Waals surface area contributed by atoms with Crippen LogP contribution in [-0.4, -0.2) is 59.5 Å². The van der Waals surface area contributed by atoms with Crippen molar-refractivity contribution in [2.24, 2.45) is 0 Å². The highest BCUT2D eigenvalue weighted by atomic mass is 32.2. The first-order valence-corrected chi connectivity index (χ1v) is 12.4. The number of aromatic nitrogens is 2. The molecular weight excluding hydrogens is 424 g/mol. The van der Waals surface area contributed by atoms with Crippen LogP contribution in [-0.2, 0) is 29.4 Å². The fraction of sp³-hybridized carbons (Fsp3) is 0.333. The van der Waals surface area contributed by atoms with E-state index in [2.05, 4.69) is 5.10 Å². The molecule has 1 aliphatic heterocycles. The number of benzene rings is 2. The van der Waals surface area contributed by atoms with Crippen LogP contribution in [0.1, 0.15) is 33.5 Å². The molecule has 7 nitrogen and oxygen atoms in total. The maximum Gasteiger partial charge on any atom is 0.257 e. The van der Waals surface area contributed by atoms with Crippen LogP contribution in [0.25, 0.3) is 0 Å². The van der Waals surface area contributed by atoms with E-state index in [0.717, 1.165) is 30.4 Å². The van der Waals surface area contributed by atoms with E-state index in [4.69, 9.17) is 0 Å². The Bertz CT molecular complexity index is 1230. The molecule has 32 heavy (non-hydrogen) atoms. The summed E-state index contributed by atoms with van der Waals surface area (Å²) >= 11 is 0. The highest BCUT2D eigenvalue weighted by Crippen LogP contribution is 2.27. The van der Waals surface area contributed by atoms with Crippen LogP contribution in [0.3, 0.4) is 0 Å². The second-order valence-electron chi connectivity index (χ2n) is 8.39. The molecule has 0 unspecified atom stereocenters. The topological polar surface area (TPSA) is 75.5 Å². The number of nitrogens with zero attached hydrogens (tertiary/aromatic N) is 4. The predicted octanol–water partition coefficient (Wildman–Crippen LogP) is 2.57. The van der Waals surface area contributed by atoms with E-state index >= 15 is 0 Å². The molecule has 5 rings (SSSR count). The Morgan fingerprint density at radius 3 is 2.47 bits per heavy atom. The summed E-state index contributed by atoms with van der Waals surface area (Å²) in [6.45, 7) is 1.92. The molecule has 1 aromatic heterocycles. The quantitative estimate of drug-likeness (QED) is 0.599. The van der Waals surface area contributed by atoms with E-state index in [1.165, 1.54) is 9.87 Å². The largest absolute Gasteiger partial charge is 0.336 e. The van der Waals surface area contributed by atoms with Gasteiger partial charge in [-0.05, 0) is 48.1 Å². The number of piperazine rings is 1. The fourth-order valence-electron chi connectivity index (χ4n) is 4.50. The second-order valence-corrected chi connectivity index (χ2v) is 10.3. The molecule has 8 heteroatoms. The summed E-state index contributed by atoms with van der Waals surface area (Å²) in [6, 6.07) is 15.4. The van der Waals surface area contributed by atoms with Gasteiger partial charge in [-0.3, -0.25) is 9.48 Å². The minimum Gasteiger partial charge on any atom is -0.336 e. The van der Waals surface area contributed by atoms with Crippen LogP contribution in [0.2, 0.25) is 0 Å². The Hall–Kier alpha value is -2.97. The Labute approximate surface area is 188 Å². The zero-order chi connectivity index (χ0) is 22.1. The van der Waals surface area contributed by atoms with Gasteiger partial charge in [-0.1, -0.05) is 36.4 Å². The maximum absolute atomic E-state index is 13.1. The lowest BCUT2D eigenvalue weighted by molar-refractivity contribution is 0.0698. The van der Waals surface area contributed by atoms with E-state index < -0.39 is 10.0 Å². The fourth-order valence-corrected chi connectivity index (χ4v) is 5.98. The molecule has 166 valence electrons. The van der Waals surface area contributed by atoms with Crippen molar-refractivity contribution >= 4 is 15.9 Å². The predicted molar refractivity (Wildman–Crippen MR) is 121 cm³/mol. The van der Waals surface area contributed by atoms with Gasteiger partial charge in [-0.25, -0.2) is 8.42 Å². The lowest BCUT2D eigenvalue weighted by Gasteiger charge is -2.33.